The molecule has 0 radical (unpaired) electrons. The summed E-state index contributed by atoms with van der Waals surface area (Å²) < 4.78 is 14.4. The minimum Gasteiger partial charge on any atom is -0.497 e. The quantitative estimate of drug-likeness (QED) is 0.884. The van der Waals surface area contributed by atoms with E-state index in [1.165, 1.54) is 0 Å². The molecule has 1 aromatic heterocycles. The van der Waals surface area contributed by atoms with E-state index < -0.39 is 0 Å². The van der Waals surface area contributed by atoms with Crippen molar-refractivity contribution in [2.45, 2.75) is 13.5 Å². The largest absolute Gasteiger partial charge is 0.497 e. The normalized spacial score (nSPS) is 10.0. The fourth-order valence-electron chi connectivity index (χ4n) is 1.68. The van der Waals surface area contributed by atoms with Crippen molar-refractivity contribution in [2.75, 3.05) is 19.5 Å². The molecule has 0 atom stereocenters. The van der Waals surface area contributed by atoms with Crippen LogP contribution in [-0.2, 0) is 6.54 Å². The van der Waals surface area contributed by atoms with Gasteiger partial charge < -0.3 is 14.8 Å². The lowest BCUT2D eigenvalue weighted by Crippen LogP contribution is -2.28. The number of anilines is 1. The third-order valence-corrected chi connectivity index (χ3v) is 3.40. The average molecular weight is 308 g/mol. The zero-order valence-electron chi connectivity index (χ0n) is 12.0. The molecule has 21 heavy (non-hydrogen) atoms. The molecule has 1 aromatic carbocycles. The number of carbonyl (C=O) groups excluding carboxylic acids is 1. The van der Waals surface area contributed by atoms with E-state index in [-0.39, 0.29) is 6.03 Å². The van der Waals surface area contributed by atoms with Gasteiger partial charge in [-0.15, -0.1) is 0 Å². The number of aromatic nitrogens is 2. The molecule has 0 aliphatic rings. The Kier molecular flexibility index (Phi) is 4.94. The molecule has 0 aliphatic heterocycles. The lowest BCUT2D eigenvalue weighted by atomic mass is 10.2. The lowest BCUT2D eigenvalue weighted by molar-refractivity contribution is 0.251. The van der Waals surface area contributed by atoms with E-state index in [9.17, 15) is 4.79 Å². The molecule has 0 saturated carbocycles. The second-order valence-electron chi connectivity index (χ2n) is 4.13. The Labute approximate surface area is 126 Å². The van der Waals surface area contributed by atoms with Gasteiger partial charge in [0.05, 0.1) is 14.2 Å². The van der Waals surface area contributed by atoms with Crippen LogP contribution in [-0.4, -0.2) is 29.6 Å². The molecule has 1 heterocycles. The van der Waals surface area contributed by atoms with Crippen LogP contribution in [0.15, 0.2) is 18.2 Å². The van der Waals surface area contributed by atoms with Crippen molar-refractivity contribution < 1.29 is 14.3 Å². The van der Waals surface area contributed by atoms with E-state index >= 15 is 0 Å². The third kappa shape index (κ3) is 4.06. The monoisotopic (exact) mass is 308 g/mol. The van der Waals surface area contributed by atoms with Crippen LogP contribution in [0, 0.1) is 6.92 Å². The summed E-state index contributed by atoms with van der Waals surface area (Å²) in [5.74, 6) is 2.01. The van der Waals surface area contributed by atoms with Crippen LogP contribution in [0.25, 0.3) is 0 Å². The highest BCUT2D eigenvalue weighted by atomic mass is 32.1. The topological polar surface area (TPSA) is 85.4 Å². The Hall–Kier alpha value is -2.35. The molecule has 0 aliphatic carbocycles. The number of hydrogen-bond donors (Lipinski definition) is 2. The van der Waals surface area contributed by atoms with Crippen molar-refractivity contribution in [1.82, 2.24) is 14.7 Å². The summed E-state index contributed by atoms with van der Waals surface area (Å²) in [7, 11) is 3.17. The summed E-state index contributed by atoms with van der Waals surface area (Å²) in [4.78, 5) is 15.9. The van der Waals surface area contributed by atoms with Crippen molar-refractivity contribution in [1.29, 1.82) is 0 Å². The van der Waals surface area contributed by atoms with E-state index in [2.05, 4.69) is 20.0 Å². The van der Waals surface area contributed by atoms with E-state index in [4.69, 9.17) is 9.47 Å². The Bertz CT molecular complexity index is 630. The number of benzene rings is 1. The van der Waals surface area contributed by atoms with Gasteiger partial charge in [0.15, 0.2) is 0 Å². The van der Waals surface area contributed by atoms with Gasteiger partial charge >= 0.3 is 6.03 Å². The zero-order chi connectivity index (χ0) is 15.2. The standard InChI is InChI=1S/C13H16N4O3S/c1-8-15-13(21-17-8)16-12(18)14-7-9-6-10(19-2)4-5-11(9)20-3/h4-6H,7H2,1-3H3,(H2,14,15,16,17,18). The van der Waals surface area contributed by atoms with Gasteiger partial charge in [-0.2, -0.15) is 4.37 Å². The fraction of sp³-hybridized carbons (Fsp3) is 0.308. The number of aryl methyl sites for hydroxylation is 1. The zero-order valence-corrected chi connectivity index (χ0v) is 12.8. The molecule has 0 saturated heterocycles. The summed E-state index contributed by atoms with van der Waals surface area (Å²) in [5, 5.41) is 5.82. The summed E-state index contributed by atoms with van der Waals surface area (Å²) in [6.07, 6.45) is 0. The Morgan fingerprint density at radius 1 is 1.33 bits per heavy atom. The highest BCUT2D eigenvalue weighted by Gasteiger charge is 2.09. The summed E-state index contributed by atoms with van der Waals surface area (Å²) >= 11 is 1.14. The maximum absolute atomic E-state index is 11.8. The molecule has 2 N–H and O–H groups in total. The first-order valence-corrected chi connectivity index (χ1v) is 6.95. The highest BCUT2D eigenvalue weighted by molar-refractivity contribution is 7.09. The highest BCUT2D eigenvalue weighted by Crippen LogP contribution is 2.23. The number of methoxy groups -OCH3 is 2. The first-order chi connectivity index (χ1) is 10.1. The molecule has 7 nitrogen and oxygen atoms in total. The fourth-order valence-corrected chi connectivity index (χ4v) is 2.26. The predicted molar refractivity (Wildman–Crippen MR) is 80.1 cm³/mol. The van der Waals surface area contributed by atoms with Crippen LogP contribution in [0.3, 0.4) is 0 Å². The average Bonchev–Trinajstić information content (AvgIpc) is 2.89. The predicted octanol–water partition coefficient (Wildman–Crippen LogP) is 2.19. The number of carbonyl (C=O) groups is 1. The van der Waals surface area contributed by atoms with Crippen LogP contribution < -0.4 is 20.1 Å². The first-order valence-electron chi connectivity index (χ1n) is 6.18. The molecule has 2 amide bonds. The van der Waals surface area contributed by atoms with Crippen molar-refractivity contribution in [3.05, 3.63) is 29.6 Å². The third-order valence-electron chi connectivity index (χ3n) is 2.68. The molecule has 2 rings (SSSR count). The molecule has 2 aromatic rings. The number of hydrogen-bond acceptors (Lipinski definition) is 6. The van der Waals surface area contributed by atoms with Crippen molar-refractivity contribution in [2.24, 2.45) is 0 Å². The van der Waals surface area contributed by atoms with Crippen LogP contribution in [0.2, 0.25) is 0 Å². The van der Waals surface area contributed by atoms with Crippen molar-refractivity contribution in [3.63, 3.8) is 0 Å². The molecule has 112 valence electrons. The number of urea groups is 1. The van der Waals surface area contributed by atoms with Gasteiger partial charge in [0.1, 0.15) is 17.3 Å². The minimum absolute atomic E-state index is 0.310. The van der Waals surface area contributed by atoms with Gasteiger partial charge in [-0.25, -0.2) is 9.78 Å². The van der Waals surface area contributed by atoms with E-state index in [1.807, 2.05) is 6.07 Å². The Morgan fingerprint density at radius 3 is 2.76 bits per heavy atom. The number of amides is 2. The molecule has 0 unspecified atom stereocenters. The molecular formula is C13H16N4O3S. The Balaban J connectivity index is 1.97. The first kappa shape index (κ1) is 15.0. The lowest BCUT2D eigenvalue weighted by Gasteiger charge is -2.11. The molecular weight excluding hydrogens is 292 g/mol. The second-order valence-corrected chi connectivity index (χ2v) is 4.88. The second kappa shape index (κ2) is 6.89. The van der Waals surface area contributed by atoms with Gasteiger partial charge in [0.2, 0.25) is 5.13 Å². The number of rotatable bonds is 5. The van der Waals surface area contributed by atoms with Crippen LogP contribution >= 0.6 is 11.5 Å². The summed E-state index contributed by atoms with van der Waals surface area (Å²) in [6.45, 7) is 2.07. The van der Waals surface area contributed by atoms with Crippen LogP contribution in [0.1, 0.15) is 11.4 Å². The number of nitrogens with zero attached hydrogens (tertiary/aromatic N) is 2. The molecule has 8 heteroatoms. The molecule has 0 bridgehead atoms. The SMILES string of the molecule is COc1ccc(OC)c(CNC(=O)Nc2nc(C)ns2)c1. The van der Waals surface area contributed by atoms with Crippen molar-refractivity contribution in [3.8, 4) is 11.5 Å². The maximum Gasteiger partial charge on any atom is 0.321 e. The van der Waals surface area contributed by atoms with Crippen LogP contribution in [0.4, 0.5) is 9.93 Å². The number of nitrogens with one attached hydrogen (secondary N) is 2. The maximum atomic E-state index is 11.8. The summed E-state index contributed by atoms with van der Waals surface area (Å²) in [6, 6.07) is 5.05. The minimum atomic E-state index is -0.351. The molecule has 0 fully saturated rings. The molecule has 0 spiro atoms. The van der Waals surface area contributed by atoms with Crippen molar-refractivity contribution >= 4 is 22.7 Å². The van der Waals surface area contributed by atoms with Gasteiger partial charge in [-0.1, -0.05) is 0 Å². The van der Waals surface area contributed by atoms with Gasteiger partial charge in [0.25, 0.3) is 0 Å². The van der Waals surface area contributed by atoms with Gasteiger partial charge in [0, 0.05) is 23.6 Å². The van der Waals surface area contributed by atoms with E-state index in [0.29, 0.717) is 29.0 Å². The summed E-state index contributed by atoms with van der Waals surface area (Å²) in [5.41, 5.74) is 0.820. The Morgan fingerprint density at radius 2 is 2.14 bits per heavy atom. The number of ether oxygens (including phenoxy) is 2. The van der Waals surface area contributed by atoms with E-state index in [1.54, 1.807) is 33.3 Å². The smallest absolute Gasteiger partial charge is 0.321 e. The van der Waals surface area contributed by atoms with E-state index in [0.717, 1.165) is 17.1 Å². The van der Waals surface area contributed by atoms with Gasteiger partial charge in [-0.3, -0.25) is 5.32 Å². The van der Waals surface area contributed by atoms with Gasteiger partial charge in [-0.05, 0) is 25.1 Å². The van der Waals surface area contributed by atoms with Crippen LogP contribution in [0.5, 0.6) is 11.5 Å².